The van der Waals surface area contributed by atoms with Gasteiger partial charge in [-0.2, -0.15) is 0 Å². The Hall–Kier alpha value is -3.48. The fraction of sp³-hybridized carbons (Fsp3) is 0.0870. The summed E-state index contributed by atoms with van der Waals surface area (Å²) in [6.45, 7) is 1.66. The van der Waals surface area contributed by atoms with Gasteiger partial charge in [0.1, 0.15) is 5.69 Å². The number of benzene rings is 3. The van der Waals surface area contributed by atoms with Crippen molar-refractivity contribution in [2.45, 2.75) is 13.3 Å². The highest BCUT2D eigenvalue weighted by Crippen LogP contribution is 2.30. The summed E-state index contributed by atoms with van der Waals surface area (Å²) in [5.74, 6) is -11.6. The Kier molecular flexibility index (Phi) is 6.30. The van der Waals surface area contributed by atoms with Crippen molar-refractivity contribution in [1.29, 1.82) is 0 Å². The maximum absolute atomic E-state index is 13.8. The predicted octanol–water partition coefficient (Wildman–Crippen LogP) is 6.23. The van der Waals surface area contributed by atoms with Crippen molar-refractivity contribution in [2.75, 3.05) is 5.32 Å². The molecule has 2 nitrogen and oxygen atoms in total. The first-order chi connectivity index (χ1) is 14.3. The Morgan fingerprint density at radius 1 is 0.700 bits per heavy atom. The second-order valence-corrected chi connectivity index (χ2v) is 6.56. The standard InChI is InChI=1S/C23H16F5NO/c1-13(17(14-8-4-2-5-9-14)15-10-6-3-7-11-15)12-16(30)29-23-21(27)19(25)18(24)20(26)22(23)28/h2-11H,12H2,1H3,(H,29,30). The van der Waals surface area contributed by atoms with E-state index in [9.17, 15) is 26.7 Å². The molecule has 0 aromatic heterocycles. The van der Waals surface area contributed by atoms with E-state index >= 15 is 0 Å². The first-order valence-electron chi connectivity index (χ1n) is 8.93. The molecule has 0 radical (unpaired) electrons. The Labute approximate surface area is 169 Å². The Balaban J connectivity index is 1.96. The van der Waals surface area contributed by atoms with Gasteiger partial charge in [-0.25, -0.2) is 22.0 Å². The summed E-state index contributed by atoms with van der Waals surface area (Å²) in [5, 5.41) is 1.81. The molecule has 0 atom stereocenters. The highest BCUT2D eigenvalue weighted by Gasteiger charge is 2.27. The quantitative estimate of drug-likeness (QED) is 0.298. The number of rotatable bonds is 5. The molecule has 0 unspecified atom stereocenters. The zero-order chi connectivity index (χ0) is 21.8. The Morgan fingerprint density at radius 2 is 1.10 bits per heavy atom. The molecule has 3 aromatic carbocycles. The molecule has 3 aromatic rings. The summed E-state index contributed by atoms with van der Waals surface area (Å²) >= 11 is 0. The molecule has 3 rings (SSSR count). The fourth-order valence-corrected chi connectivity index (χ4v) is 3.10. The lowest BCUT2D eigenvalue weighted by Gasteiger charge is -2.14. The van der Waals surface area contributed by atoms with Crippen LogP contribution < -0.4 is 5.32 Å². The van der Waals surface area contributed by atoms with E-state index in [-0.39, 0.29) is 6.42 Å². The third-order valence-electron chi connectivity index (χ3n) is 4.45. The van der Waals surface area contributed by atoms with E-state index in [1.165, 1.54) is 0 Å². The van der Waals surface area contributed by atoms with Gasteiger partial charge < -0.3 is 5.32 Å². The number of hydrogen-bond donors (Lipinski definition) is 1. The average molecular weight is 417 g/mol. The lowest BCUT2D eigenvalue weighted by molar-refractivity contribution is -0.115. The minimum absolute atomic E-state index is 0.321. The summed E-state index contributed by atoms with van der Waals surface area (Å²) in [4.78, 5) is 12.4. The van der Waals surface area contributed by atoms with Gasteiger partial charge in [0, 0.05) is 6.42 Å². The molecule has 0 aliphatic heterocycles. The number of amides is 1. The molecular weight excluding hydrogens is 401 g/mol. The van der Waals surface area contributed by atoms with Gasteiger partial charge in [-0.3, -0.25) is 4.79 Å². The molecule has 0 saturated carbocycles. The number of hydrogen-bond acceptors (Lipinski definition) is 1. The smallest absolute Gasteiger partial charge is 0.228 e. The molecule has 0 saturated heterocycles. The van der Waals surface area contributed by atoms with Gasteiger partial charge in [0.25, 0.3) is 0 Å². The van der Waals surface area contributed by atoms with E-state index in [4.69, 9.17) is 0 Å². The van der Waals surface area contributed by atoms with Crippen LogP contribution in [0, 0.1) is 29.1 Å². The van der Waals surface area contributed by atoms with Crippen LogP contribution in [0.5, 0.6) is 0 Å². The van der Waals surface area contributed by atoms with Crippen LogP contribution in [0.1, 0.15) is 24.5 Å². The van der Waals surface area contributed by atoms with Crippen LogP contribution in [0.15, 0.2) is 66.2 Å². The Bertz CT molecular complexity index is 1040. The minimum Gasteiger partial charge on any atom is -0.321 e. The van der Waals surface area contributed by atoms with Crippen molar-refractivity contribution in [1.82, 2.24) is 0 Å². The third-order valence-corrected chi connectivity index (χ3v) is 4.45. The molecule has 1 N–H and O–H groups in total. The summed E-state index contributed by atoms with van der Waals surface area (Å²) < 4.78 is 67.6. The van der Waals surface area contributed by atoms with E-state index in [0.29, 0.717) is 5.57 Å². The summed E-state index contributed by atoms with van der Waals surface area (Å²) in [6.07, 6.45) is -0.321. The lowest BCUT2D eigenvalue weighted by Crippen LogP contribution is -2.17. The summed E-state index contributed by atoms with van der Waals surface area (Å²) in [5.41, 5.74) is 1.53. The highest BCUT2D eigenvalue weighted by atomic mass is 19.2. The highest BCUT2D eigenvalue weighted by molar-refractivity contribution is 5.95. The van der Waals surface area contributed by atoms with Crippen LogP contribution in [0.4, 0.5) is 27.6 Å². The third kappa shape index (κ3) is 4.25. The molecule has 0 spiro atoms. The number of anilines is 1. The van der Waals surface area contributed by atoms with Crippen molar-refractivity contribution in [2.24, 2.45) is 0 Å². The first-order valence-corrected chi connectivity index (χ1v) is 8.93. The van der Waals surface area contributed by atoms with Crippen molar-refractivity contribution >= 4 is 17.2 Å². The number of carbonyl (C=O) groups is 1. The largest absolute Gasteiger partial charge is 0.321 e. The van der Waals surface area contributed by atoms with Gasteiger partial charge in [-0.1, -0.05) is 66.2 Å². The first kappa shape index (κ1) is 21.2. The molecule has 0 aliphatic rings. The van der Waals surface area contributed by atoms with E-state index in [0.717, 1.165) is 16.7 Å². The van der Waals surface area contributed by atoms with Gasteiger partial charge in [0.15, 0.2) is 23.3 Å². The van der Waals surface area contributed by atoms with Crippen LogP contribution >= 0.6 is 0 Å². The lowest BCUT2D eigenvalue weighted by atomic mass is 9.92. The normalized spacial score (nSPS) is 10.6. The van der Waals surface area contributed by atoms with Gasteiger partial charge in [-0.15, -0.1) is 0 Å². The van der Waals surface area contributed by atoms with Crippen LogP contribution in [-0.2, 0) is 4.79 Å². The maximum Gasteiger partial charge on any atom is 0.228 e. The zero-order valence-electron chi connectivity index (χ0n) is 15.8. The van der Waals surface area contributed by atoms with E-state index in [1.807, 2.05) is 60.7 Å². The minimum atomic E-state index is -2.28. The topological polar surface area (TPSA) is 29.1 Å². The van der Waals surface area contributed by atoms with Crippen LogP contribution in [0.25, 0.3) is 5.57 Å². The molecule has 7 heteroatoms. The number of halogens is 5. The van der Waals surface area contributed by atoms with Crippen molar-refractivity contribution in [3.63, 3.8) is 0 Å². The maximum atomic E-state index is 13.8. The van der Waals surface area contributed by atoms with Gasteiger partial charge in [0.05, 0.1) is 0 Å². The molecule has 1 amide bonds. The molecule has 0 fully saturated rings. The van der Waals surface area contributed by atoms with Gasteiger partial charge >= 0.3 is 0 Å². The van der Waals surface area contributed by atoms with Crippen molar-refractivity contribution in [3.05, 3.63) is 106 Å². The molecule has 0 aliphatic carbocycles. The van der Waals surface area contributed by atoms with Gasteiger partial charge in [0.2, 0.25) is 11.7 Å². The van der Waals surface area contributed by atoms with E-state index in [2.05, 4.69) is 0 Å². The second-order valence-electron chi connectivity index (χ2n) is 6.56. The second kappa shape index (κ2) is 8.90. The average Bonchev–Trinajstić information content (AvgIpc) is 2.75. The van der Waals surface area contributed by atoms with Crippen molar-refractivity contribution in [3.8, 4) is 0 Å². The monoisotopic (exact) mass is 417 g/mol. The van der Waals surface area contributed by atoms with Gasteiger partial charge in [-0.05, 0) is 23.6 Å². The van der Waals surface area contributed by atoms with Crippen LogP contribution in [0.2, 0.25) is 0 Å². The SMILES string of the molecule is CC(CC(=O)Nc1c(F)c(F)c(F)c(F)c1F)=C(c1ccccc1)c1ccccc1. The fourth-order valence-electron chi connectivity index (χ4n) is 3.10. The Morgan fingerprint density at radius 3 is 1.53 bits per heavy atom. The van der Waals surface area contributed by atoms with Crippen LogP contribution in [-0.4, -0.2) is 5.91 Å². The summed E-state index contributed by atoms with van der Waals surface area (Å²) in [6, 6.07) is 18.3. The molecule has 0 bridgehead atoms. The molecule has 30 heavy (non-hydrogen) atoms. The zero-order valence-corrected chi connectivity index (χ0v) is 15.8. The molecule has 154 valence electrons. The van der Waals surface area contributed by atoms with Crippen LogP contribution in [0.3, 0.4) is 0 Å². The van der Waals surface area contributed by atoms with Crippen molar-refractivity contribution < 1.29 is 26.7 Å². The van der Waals surface area contributed by atoms with E-state index < -0.39 is 40.7 Å². The number of nitrogens with one attached hydrogen (secondary N) is 1. The number of carbonyl (C=O) groups excluding carboxylic acids is 1. The molecule has 0 heterocycles. The summed E-state index contributed by atoms with van der Waals surface area (Å²) in [7, 11) is 0. The van der Waals surface area contributed by atoms with E-state index in [1.54, 1.807) is 12.2 Å². The predicted molar refractivity (Wildman–Crippen MR) is 104 cm³/mol. The molecular formula is C23H16F5NO.